The highest BCUT2D eigenvalue weighted by Crippen LogP contribution is 2.45. The third-order valence-electron chi connectivity index (χ3n) is 7.23. The van der Waals surface area contributed by atoms with Crippen molar-refractivity contribution >= 4 is 41.1 Å². The summed E-state index contributed by atoms with van der Waals surface area (Å²) < 4.78 is 6.35. The van der Waals surface area contributed by atoms with Gasteiger partial charge >= 0.3 is 6.03 Å². The van der Waals surface area contributed by atoms with Gasteiger partial charge in [0.1, 0.15) is 29.8 Å². The number of ether oxygens (including phenoxy) is 1. The molecule has 0 aliphatic carbocycles. The molecule has 2 aliphatic rings. The molecule has 3 N–H and O–H groups in total. The predicted molar refractivity (Wildman–Crippen MR) is 167 cm³/mol. The molecule has 0 bridgehead atoms. The van der Waals surface area contributed by atoms with Crippen LogP contribution in [0.1, 0.15) is 66.3 Å². The van der Waals surface area contributed by atoms with E-state index in [1.165, 1.54) is 4.90 Å². The first-order chi connectivity index (χ1) is 20.9. The second kappa shape index (κ2) is 12.5. The number of urea groups is 1. The lowest BCUT2D eigenvalue weighted by atomic mass is 9.93. The van der Waals surface area contributed by atoms with Crippen molar-refractivity contribution in [1.29, 1.82) is 0 Å². The topological polar surface area (TPSA) is 134 Å². The first kappa shape index (κ1) is 30.7. The molecular formula is C33H34ClN5O5. The Kier molecular flexibility index (Phi) is 8.73. The van der Waals surface area contributed by atoms with Crippen molar-refractivity contribution in [1.82, 2.24) is 15.1 Å². The molecule has 3 aromatic rings. The van der Waals surface area contributed by atoms with E-state index >= 15 is 0 Å². The Hall–Kier alpha value is -4.70. The molecule has 2 aliphatic heterocycles. The summed E-state index contributed by atoms with van der Waals surface area (Å²) in [4.78, 5) is 59.4. The lowest BCUT2D eigenvalue weighted by molar-refractivity contribution is -0.123. The van der Waals surface area contributed by atoms with Crippen molar-refractivity contribution in [2.45, 2.75) is 44.9 Å². The summed E-state index contributed by atoms with van der Waals surface area (Å²) in [6.45, 7) is 6.16. The Morgan fingerprint density at radius 1 is 1.02 bits per heavy atom. The molecule has 0 saturated carbocycles. The van der Waals surface area contributed by atoms with E-state index in [4.69, 9.17) is 27.1 Å². The molecule has 2 atom stereocenters. The smallest absolute Gasteiger partial charge is 0.326 e. The molecule has 11 heteroatoms. The molecule has 228 valence electrons. The van der Waals surface area contributed by atoms with Crippen LogP contribution in [0.5, 0.6) is 5.75 Å². The number of nitrogens with one attached hydrogen (secondary N) is 1. The molecule has 0 radical (unpaired) electrons. The zero-order valence-corrected chi connectivity index (χ0v) is 25.5. The van der Waals surface area contributed by atoms with Crippen LogP contribution in [-0.2, 0) is 9.59 Å². The number of Topliss-reactive ketones (excluding diaryl/α,β-unsaturated/α-hetero) is 1. The molecule has 2 unspecified atom stereocenters. The normalized spacial score (nSPS) is 18.5. The van der Waals surface area contributed by atoms with Gasteiger partial charge in [-0.1, -0.05) is 60.1 Å². The fraction of sp³-hybridized carbons (Fsp3) is 0.303. The maximum atomic E-state index is 14.5. The van der Waals surface area contributed by atoms with Crippen molar-refractivity contribution < 1.29 is 23.9 Å². The number of aliphatic imine (C=N–C) groups is 1. The maximum absolute atomic E-state index is 14.5. The Labute approximate surface area is 260 Å². The van der Waals surface area contributed by atoms with Gasteiger partial charge in [-0.2, -0.15) is 0 Å². The molecule has 4 amide bonds. The first-order valence-corrected chi connectivity index (χ1v) is 14.7. The van der Waals surface area contributed by atoms with Crippen LogP contribution in [0.2, 0.25) is 5.02 Å². The van der Waals surface area contributed by atoms with Crippen LogP contribution in [0.25, 0.3) is 0 Å². The Morgan fingerprint density at radius 3 is 2.36 bits per heavy atom. The lowest BCUT2D eigenvalue weighted by Crippen LogP contribution is -2.55. The van der Waals surface area contributed by atoms with Crippen molar-refractivity contribution in [3.63, 3.8) is 0 Å². The number of rotatable bonds is 7. The highest BCUT2D eigenvalue weighted by Gasteiger charge is 2.45. The average Bonchev–Trinajstić information content (AvgIpc) is 3.36. The van der Waals surface area contributed by atoms with Gasteiger partial charge in [0, 0.05) is 23.7 Å². The minimum atomic E-state index is -0.739. The van der Waals surface area contributed by atoms with Gasteiger partial charge in [-0.15, -0.1) is 0 Å². The number of halogens is 1. The third kappa shape index (κ3) is 6.75. The standard InChI is InChI=1S/C33H34ClN5O5/c1-33(2,3)44-26-17-22(25(40)18-27(35)41)11-14-24(26)31-37-29(20-9-12-23(34)13-10-20)30(21-7-5-4-6-8-21)39(31)32(43)38-16-15-36-28(42)19-38/h4-14,17,29-30H,15-16,18-19H2,1-3H3,(H2,35,41)(H,36,42). The van der Waals surface area contributed by atoms with Crippen molar-refractivity contribution in [3.8, 4) is 5.75 Å². The molecule has 0 spiro atoms. The number of carbonyl (C=O) groups is 4. The summed E-state index contributed by atoms with van der Waals surface area (Å²) >= 11 is 6.23. The summed E-state index contributed by atoms with van der Waals surface area (Å²) in [5.41, 5.74) is 6.99. The van der Waals surface area contributed by atoms with E-state index in [0.29, 0.717) is 35.3 Å². The van der Waals surface area contributed by atoms with Crippen LogP contribution < -0.4 is 15.8 Å². The van der Waals surface area contributed by atoms with Crippen molar-refractivity contribution in [2.75, 3.05) is 19.6 Å². The van der Waals surface area contributed by atoms with E-state index < -0.39 is 35.8 Å². The molecule has 10 nitrogen and oxygen atoms in total. The Bertz CT molecular complexity index is 1620. The summed E-state index contributed by atoms with van der Waals surface area (Å²) in [6, 6.07) is 20.2. The van der Waals surface area contributed by atoms with Gasteiger partial charge in [-0.05, 0) is 56.2 Å². The second-order valence-electron chi connectivity index (χ2n) is 11.7. The number of piperazine rings is 1. The summed E-state index contributed by atoms with van der Waals surface area (Å²) in [5, 5.41) is 3.34. The largest absolute Gasteiger partial charge is 0.487 e. The maximum Gasteiger partial charge on any atom is 0.326 e. The predicted octanol–water partition coefficient (Wildman–Crippen LogP) is 4.67. The first-order valence-electron chi connectivity index (χ1n) is 14.3. The van der Waals surface area contributed by atoms with E-state index in [2.05, 4.69) is 5.32 Å². The number of hydrogen-bond acceptors (Lipinski definition) is 6. The van der Waals surface area contributed by atoms with Crippen molar-refractivity contribution in [3.05, 3.63) is 100 Å². The highest BCUT2D eigenvalue weighted by molar-refractivity contribution is 6.30. The molecule has 44 heavy (non-hydrogen) atoms. The van der Waals surface area contributed by atoms with E-state index in [1.807, 2.05) is 63.2 Å². The van der Waals surface area contributed by atoms with Gasteiger partial charge in [0.25, 0.3) is 0 Å². The number of nitrogens with two attached hydrogens (primary N) is 1. The van der Waals surface area contributed by atoms with E-state index in [0.717, 1.165) is 11.1 Å². The van der Waals surface area contributed by atoms with Crippen LogP contribution in [0, 0.1) is 0 Å². The fourth-order valence-corrected chi connectivity index (χ4v) is 5.48. The lowest BCUT2D eigenvalue weighted by Gasteiger charge is -2.36. The minimum Gasteiger partial charge on any atom is -0.487 e. The number of amidine groups is 1. The van der Waals surface area contributed by atoms with Gasteiger partial charge in [0.05, 0.1) is 18.0 Å². The average molecular weight is 616 g/mol. The third-order valence-corrected chi connectivity index (χ3v) is 7.48. The highest BCUT2D eigenvalue weighted by atomic mass is 35.5. The van der Waals surface area contributed by atoms with Gasteiger partial charge in [-0.3, -0.25) is 24.3 Å². The van der Waals surface area contributed by atoms with E-state index in [1.54, 1.807) is 35.2 Å². The van der Waals surface area contributed by atoms with Gasteiger partial charge in [0.2, 0.25) is 11.8 Å². The SMILES string of the molecule is CC(C)(C)Oc1cc(C(=O)CC(N)=O)ccc1C1=NC(c2ccc(Cl)cc2)C(c2ccccc2)N1C(=O)N1CCNC(=O)C1. The van der Waals surface area contributed by atoms with E-state index in [-0.39, 0.29) is 24.0 Å². The molecule has 0 aromatic heterocycles. The van der Waals surface area contributed by atoms with Crippen LogP contribution in [-0.4, -0.2) is 64.5 Å². The van der Waals surface area contributed by atoms with Crippen LogP contribution in [0.3, 0.4) is 0 Å². The number of ketones is 1. The number of hydrogen-bond donors (Lipinski definition) is 2. The van der Waals surface area contributed by atoms with Crippen molar-refractivity contribution in [2.24, 2.45) is 10.7 Å². The number of benzene rings is 3. The number of nitrogens with zero attached hydrogens (tertiary/aromatic N) is 3. The molecule has 1 saturated heterocycles. The van der Waals surface area contributed by atoms with Gasteiger partial charge in [-0.25, -0.2) is 4.79 Å². The number of primary amides is 1. The summed E-state index contributed by atoms with van der Waals surface area (Å²) in [6.07, 6.45) is -0.453. The van der Waals surface area contributed by atoms with E-state index in [9.17, 15) is 19.2 Å². The molecule has 1 fully saturated rings. The molecule has 3 aromatic carbocycles. The van der Waals surface area contributed by atoms with Gasteiger partial charge in [0.15, 0.2) is 5.78 Å². The zero-order chi connectivity index (χ0) is 31.6. The second-order valence-corrected chi connectivity index (χ2v) is 12.2. The molecular weight excluding hydrogens is 582 g/mol. The quantitative estimate of drug-likeness (QED) is 0.294. The Morgan fingerprint density at radius 2 is 1.73 bits per heavy atom. The number of amides is 4. The van der Waals surface area contributed by atoms with Crippen LogP contribution in [0.4, 0.5) is 4.79 Å². The monoisotopic (exact) mass is 615 g/mol. The number of carbonyl (C=O) groups excluding carboxylic acids is 4. The summed E-state index contributed by atoms with van der Waals surface area (Å²) in [7, 11) is 0. The fourth-order valence-electron chi connectivity index (χ4n) is 5.35. The minimum absolute atomic E-state index is 0.0956. The molecule has 5 rings (SSSR count). The van der Waals surface area contributed by atoms with Crippen LogP contribution >= 0.6 is 11.6 Å². The van der Waals surface area contributed by atoms with Crippen LogP contribution in [0.15, 0.2) is 77.8 Å². The summed E-state index contributed by atoms with van der Waals surface area (Å²) in [5.74, 6) is -0.810. The molecule has 2 heterocycles. The Balaban J connectivity index is 1.71. The zero-order valence-electron chi connectivity index (χ0n) is 24.7. The van der Waals surface area contributed by atoms with Gasteiger partial charge < -0.3 is 20.7 Å².